The van der Waals surface area contributed by atoms with E-state index in [1.54, 1.807) is 34.4 Å². The van der Waals surface area contributed by atoms with Gasteiger partial charge in [0, 0.05) is 17.2 Å². The smallest absolute Gasteiger partial charge is 0.313 e. The molecule has 0 aromatic carbocycles. The van der Waals surface area contributed by atoms with Crippen molar-refractivity contribution in [2.24, 2.45) is 0 Å². The van der Waals surface area contributed by atoms with Crippen LogP contribution in [0.4, 0.5) is 0 Å². The second-order valence-electron chi connectivity index (χ2n) is 3.59. The minimum Gasteiger partial charge on any atom is -0.452 e. The summed E-state index contributed by atoms with van der Waals surface area (Å²) in [6.07, 6.45) is 3.26. The van der Waals surface area contributed by atoms with Crippen LogP contribution in [0.5, 0.6) is 0 Å². The van der Waals surface area contributed by atoms with E-state index in [0.29, 0.717) is 6.42 Å². The van der Waals surface area contributed by atoms with Gasteiger partial charge in [-0.15, -0.1) is 11.8 Å². The maximum atomic E-state index is 11.4. The Balaban J connectivity index is 2.29. The number of nitrogens with zero attached hydrogens (tertiary/aromatic N) is 1. The first-order valence-electron chi connectivity index (χ1n) is 5.42. The third-order valence-corrected chi connectivity index (χ3v) is 5.29. The average Bonchev–Trinajstić information content (AvgIpc) is 2.82. The topological polar surface area (TPSA) is 29.3 Å². The number of hydrogen-bond donors (Lipinski definition) is 0. The molecule has 1 aromatic rings. The quantitative estimate of drug-likeness (QED) is 0.457. The van der Waals surface area contributed by atoms with Crippen molar-refractivity contribution in [3.05, 3.63) is 14.7 Å². The molecule has 0 saturated carbocycles. The number of esters is 1. The lowest BCUT2D eigenvalue weighted by atomic mass is 10.3. The van der Waals surface area contributed by atoms with Crippen molar-refractivity contribution in [1.29, 1.82) is 0 Å². The summed E-state index contributed by atoms with van der Waals surface area (Å²) >= 11 is 5.00. The van der Waals surface area contributed by atoms with Gasteiger partial charge in [0.1, 0.15) is 19.0 Å². The van der Waals surface area contributed by atoms with Gasteiger partial charge in [-0.25, -0.2) is 4.58 Å². The Morgan fingerprint density at radius 2 is 2.18 bits per heavy atom. The lowest BCUT2D eigenvalue weighted by Crippen LogP contribution is -2.23. The Hall–Kier alpha value is -0.330. The molecule has 0 N–H and O–H groups in total. The summed E-state index contributed by atoms with van der Waals surface area (Å²) in [7, 11) is 2.05. The van der Waals surface area contributed by atoms with E-state index < -0.39 is 0 Å². The fraction of sp³-hybridized carbons (Fsp3) is 0.636. The van der Waals surface area contributed by atoms with Gasteiger partial charge in [0.2, 0.25) is 0 Å². The van der Waals surface area contributed by atoms with E-state index in [4.69, 9.17) is 4.74 Å². The lowest BCUT2D eigenvalue weighted by Gasteiger charge is -2.09. The summed E-state index contributed by atoms with van der Waals surface area (Å²) in [6.45, 7) is 2.78. The monoisotopic (exact) mass is 292 g/mol. The molecule has 0 radical (unpaired) electrons. The second-order valence-corrected chi connectivity index (χ2v) is 6.77. The molecule has 1 aromatic heterocycles. The van der Waals surface area contributed by atoms with Crippen LogP contribution in [0, 0.1) is 0 Å². The Bertz CT molecular complexity index is 394. The van der Waals surface area contributed by atoms with E-state index in [-0.39, 0.29) is 11.4 Å². The van der Waals surface area contributed by atoms with Crippen LogP contribution in [-0.2, 0) is 9.53 Å². The molecular weight excluding hydrogens is 274 g/mol. The van der Waals surface area contributed by atoms with Gasteiger partial charge in [-0.2, -0.15) is 0 Å². The molecule has 0 aliphatic carbocycles. The molecule has 3 nitrogen and oxygen atoms in total. The number of rotatable bonds is 6. The van der Waals surface area contributed by atoms with Gasteiger partial charge in [0.15, 0.2) is 0 Å². The zero-order chi connectivity index (χ0) is 12.7. The molecule has 1 rings (SSSR count). The van der Waals surface area contributed by atoms with Crippen LogP contribution in [0.25, 0.3) is 0 Å². The van der Waals surface area contributed by atoms with Crippen LogP contribution in [0.15, 0.2) is 10.8 Å². The Morgan fingerprint density at radius 3 is 2.76 bits per heavy atom. The molecule has 17 heavy (non-hydrogen) atoms. The number of ether oxygens (including phenoxy) is 1. The lowest BCUT2D eigenvalue weighted by molar-refractivity contribution is -0.144. The maximum absolute atomic E-state index is 11.4. The molecule has 0 fully saturated rings. The highest BCUT2D eigenvalue weighted by molar-refractivity contribution is 7.99. The predicted octanol–water partition coefficient (Wildman–Crippen LogP) is 2.24. The molecule has 1 atom stereocenters. The Kier molecular flexibility index (Phi) is 6.84. The van der Waals surface area contributed by atoms with Crippen molar-refractivity contribution < 1.29 is 9.53 Å². The molecule has 1 unspecified atom stereocenters. The highest BCUT2D eigenvalue weighted by Gasteiger charge is 2.09. The van der Waals surface area contributed by atoms with Crippen molar-refractivity contribution in [2.75, 3.05) is 19.8 Å². The van der Waals surface area contributed by atoms with Gasteiger partial charge in [0.05, 0.1) is 6.42 Å². The van der Waals surface area contributed by atoms with Gasteiger partial charge in [-0.05, 0) is 13.2 Å². The summed E-state index contributed by atoms with van der Waals surface area (Å²) in [6, 6.07) is 0. The first kappa shape index (κ1) is 14.7. The largest absolute Gasteiger partial charge is 0.452 e. The van der Waals surface area contributed by atoms with Crippen molar-refractivity contribution >= 4 is 40.4 Å². The van der Waals surface area contributed by atoms with E-state index in [0.717, 1.165) is 13.0 Å². The number of carbonyl (C=O) groups is 1. The molecule has 0 spiro atoms. The van der Waals surface area contributed by atoms with Gasteiger partial charge >= 0.3 is 9.95 Å². The number of thioether (sulfide) groups is 1. The predicted molar refractivity (Wildman–Crippen MR) is 76.6 cm³/mol. The highest BCUT2D eigenvalue weighted by atomic mass is 32.2. The normalized spacial score (nSPS) is 12.2. The first-order valence-corrected chi connectivity index (χ1v) is 8.47. The molecule has 0 amide bonds. The number of carbonyl (C=O) groups excluding carboxylic acids is 1. The third-order valence-electron chi connectivity index (χ3n) is 2.21. The molecule has 0 bridgehead atoms. The van der Waals surface area contributed by atoms with Crippen LogP contribution in [0.2, 0.25) is 0 Å². The van der Waals surface area contributed by atoms with Crippen molar-refractivity contribution in [3.8, 4) is 0 Å². The summed E-state index contributed by atoms with van der Waals surface area (Å²) in [4.78, 5) is 11.4. The van der Waals surface area contributed by atoms with Crippen molar-refractivity contribution in [2.45, 2.75) is 25.2 Å². The van der Waals surface area contributed by atoms with E-state index >= 15 is 0 Å². The SMILES string of the molecule is CSC(C)OC(=O)CCC[N+](C)=c1sccs1. The second kappa shape index (κ2) is 7.89. The van der Waals surface area contributed by atoms with Crippen LogP contribution in [-0.4, -0.2) is 31.3 Å². The van der Waals surface area contributed by atoms with E-state index in [9.17, 15) is 4.79 Å². The van der Waals surface area contributed by atoms with Gasteiger partial charge in [0.25, 0.3) is 0 Å². The van der Waals surface area contributed by atoms with Gasteiger partial charge in [-0.1, -0.05) is 22.7 Å². The Labute approximate surface area is 114 Å². The fourth-order valence-electron chi connectivity index (χ4n) is 1.22. The standard InChI is InChI=1S/C11H18NO2S3/c1-9(15-3)14-10(13)5-4-6-12(2)11-16-7-8-17-11/h7-9H,4-6H2,1-3H3/q+1. The van der Waals surface area contributed by atoms with Crippen molar-refractivity contribution in [1.82, 2.24) is 4.58 Å². The van der Waals surface area contributed by atoms with Crippen LogP contribution >= 0.6 is 34.4 Å². The van der Waals surface area contributed by atoms with Crippen LogP contribution < -0.4 is 8.56 Å². The van der Waals surface area contributed by atoms with Crippen LogP contribution in [0.1, 0.15) is 19.8 Å². The summed E-state index contributed by atoms with van der Waals surface area (Å²) in [5.41, 5.74) is -0.0419. The molecule has 0 saturated heterocycles. The average molecular weight is 292 g/mol. The summed E-state index contributed by atoms with van der Waals surface area (Å²) < 4.78 is 8.64. The number of hydrogen-bond acceptors (Lipinski definition) is 5. The maximum Gasteiger partial charge on any atom is 0.313 e. The van der Waals surface area contributed by atoms with Crippen LogP contribution in [0.3, 0.4) is 0 Å². The van der Waals surface area contributed by atoms with E-state index in [2.05, 4.69) is 22.4 Å². The molecule has 1 heterocycles. The molecule has 96 valence electrons. The fourth-order valence-corrected chi connectivity index (χ4v) is 3.20. The van der Waals surface area contributed by atoms with E-state index in [1.165, 1.54) is 3.98 Å². The molecular formula is C11H18NO2S3+. The van der Waals surface area contributed by atoms with Gasteiger partial charge in [-0.3, -0.25) is 4.79 Å². The minimum atomic E-state index is -0.102. The Morgan fingerprint density at radius 1 is 1.53 bits per heavy atom. The highest BCUT2D eigenvalue weighted by Crippen LogP contribution is 2.08. The van der Waals surface area contributed by atoms with E-state index in [1.807, 2.05) is 13.2 Å². The zero-order valence-corrected chi connectivity index (χ0v) is 12.8. The van der Waals surface area contributed by atoms with Crippen molar-refractivity contribution in [3.63, 3.8) is 0 Å². The molecule has 0 aliphatic rings. The first-order chi connectivity index (χ1) is 8.13. The zero-order valence-electron chi connectivity index (χ0n) is 10.3. The summed E-state index contributed by atoms with van der Waals surface area (Å²) in [5.74, 6) is -0.102. The minimum absolute atomic E-state index is 0.0419. The van der Waals surface area contributed by atoms with Gasteiger partial charge < -0.3 is 4.74 Å². The third kappa shape index (κ3) is 5.70. The molecule has 6 heteroatoms. The summed E-state index contributed by atoms with van der Waals surface area (Å²) in [5, 5.41) is 4.15. The molecule has 0 aliphatic heterocycles.